The van der Waals surface area contributed by atoms with Crippen LogP contribution in [-0.4, -0.2) is 39.2 Å². The highest BCUT2D eigenvalue weighted by Gasteiger charge is 2.03. The summed E-state index contributed by atoms with van der Waals surface area (Å²) in [5.41, 5.74) is 0.823. The summed E-state index contributed by atoms with van der Waals surface area (Å²) in [7, 11) is 1.61. The van der Waals surface area contributed by atoms with Gasteiger partial charge >= 0.3 is 0 Å². The number of rotatable bonds is 9. The average molecular weight is 265 g/mol. The van der Waals surface area contributed by atoms with Crippen LogP contribution in [0.5, 0.6) is 5.75 Å². The zero-order chi connectivity index (χ0) is 13.9. The minimum atomic E-state index is -0.0239. The molecule has 0 aliphatic rings. The Labute approximate surface area is 114 Å². The van der Waals surface area contributed by atoms with E-state index in [-0.39, 0.29) is 12.5 Å². The third-order valence-corrected chi connectivity index (χ3v) is 2.60. The second kappa shape index (κ2) is 9.22. The van der Waals surface area contributed by atoms with Gasteiger partial charge in [-0.05, 0) is 25.1 Å². The van der Waals surface area contributed by atoms with Crippen LogP contribution in [0.4, 0.5) is 5.69 Å². The predicted octanol–water partition coefficient (Wildman–Crippen LogP) is 1.22. The monoisotopic (exact) mass is 265 g/mol. The minimum Gasteiger partial charge on any atom is -0.495 e. The molecule has 0 aliphatic heterocycles. The van der Waals surface area contributed by atoms with Gasteiger partial charge in [0.1, 0.15) is 5.75 Å². The summed E-state index contributed by atoms with van der Waals surface area (Å²) in [5.74, 6) is 0.712. The highest BCUT2D eigenvalue weighted by atomic mass is 16.5. The number of benzene rings is 1. The van der Waals surface area contributed by atoms with Crippen LogP contribution in [0.1, 0.15) is 13.3 Å². The molecule has 0 aromatic heterocycles. The van der Waals surface area contributed by atoms with Crippen LogP contribution < -0.4 is 20.7 Å². The van der Waals surface area contributed by atoms with Gasteiger partial charge in [0.05, 0.1) is 19.3 Å². The van der Waals surface area contributed by atoms with E-state index in [9.17, 15) is 4.79 Å². The fourth-order valence-electron chi connectivity index (χ4n) is 1.62. The van der Waals surface area contributed by atoms with Crippen LogP contribution in [0.25, 0.3) is 0 Å². The molecule has 0 saturated carbocycles. The van der Waals surface area contributed by atoms with E-state index >= 15 is 0 Å². The molecule has 1 amide bonds. The Morgan fingerprint density at radius 1 is 1.21 bits per heavy atom. The Morgan fingerprint density at radius 3 is 2.74 bits per heavy atom. The standard InChI is InChI=1S/C14H23N3O2/c1-3-8-15-9-10-16-14(18)11-17-12-6-4-5-7-13(12)19-2/h4-7,15,17H,3,8-11H2,1-2H3,(H,16,18). The lowest BCUT2D eigenvalue weighted by Gasteiger charge is -2.11. The van der Waals surface area contributed by atoms with Crippen molar-refractivity contribution in [1.82, 2.24) is 10.6 Å². The lowest BCUT2D eigenvalue weighted by molar-refractivity contribution is -0.119. The molecule has 0 atom stereocenters. The smallest absolute Gasteiger partial charge is 0.239 e. The van der Waals surface area contributed by atoms with Crippen LogP contribution in [0.15, 0.2) is 24.3 Å². The van der Waals surface area contributed by atoms with E-state index in [2.05, 4.69) is 22.9 Å². The van der Waals surface area contributed by atoms with Crippen molar-refractivity contribution in [3.63, 3.8) is 0 Å². The van der Waals surface area contributed by atoms with E-state index in [0.29, 0.717) is 6.54 Å². The molecule has 0 bridgehead atoms. The second-order valence-electron chi connectivity index (χ2n) is 4.15. The minimum absolute atomic E-state index is 0.0239. The van der Waals surface area contributed by atoms with Gasteiger partial charge in [0.15, 0.2) is 0 Å². The number of carbonyl (C=O) groups is 1. The van der Waals surface area contributed by atoms with Crippen molar-refractivity contribution in [2.24, 2.45) is 0 Å². The van der Waals surface area contributed by atoms with Crippen LogP contribution in [0.2, 0.25) is 0 Å². The number of para-hydroxylation sites is 2. The van der Waals surface area contributed by atoms with Gasteiger partial charge in [-0.2, -0.15) is 0 Å². The normalized spacial score (nSPS) is 10.0. The van der Waals surface area contributed by atoms with Crippen LogP contribution in [-0.2, 0) is 4.79 Å². The zero-order valence-corrected chi connectivity index (χ0v) is 11.7. The van der Waals surface area contributed by atoms with Crippen molar-refractivity contribution in [1.29, 1.82) is 0 Å². The van der Waals surface area contributed by atoms with Gasteiger partial charge < -0.3 is 20.7 Å². The van der Waals surface area contributed by atoms with Gasteiger partial charge in [0, 0.05) is 13.1 Å². The molecule has 106 valence electrons. The summed E-state index contributed by atoms with van der Waals surface area (Å²) in [6, 6.07) is 7.53. The fourth-order valence-corrected chi connectivity index (χ4v) is 1.62. The van der Waals surface area contributed by atoms with E-state index in [4.69, 9.17) is 4.74 Å². The van der Waals surface area contributed by atoms with Crippen molar-refractivity contribution < 1.29 is 9.53 Å². The summed E-state index contributed by atoms with van der Waals surface area (Å²) < 4.78 is 5.20. The lowest BCUT2D eigenvalue weighted by atomic mass is 10.3. The summed E-state index contributed by atoms with van der Waals surface area (Å²) in [6.07, 6.45) is 1.10. The molecule has 1 aromatic rings. The number of hydrogen-bond acceptors (Lipinski definition) is 4. The molecular weight excluding hydrogens is 242 g/mol. The van der Waals surface area contributed by atoms with Gasteiger partial charge in [-0.25, -0.2) is 0 Å². The van der Waals surface area contributed by atoms with Crippen LogP contribution >= 0.6 is 0 Å². The quantitative estimate of drug-likeness (QED) is 0.588. The Balaban J connectivity index is 2.22. The Kier molecular flexibility index (Phi) is 7.43. The molecule has 5 heteroatoms. The first-order valence-electron chi connectivity index (χ1n) is 6.62. The van der Waals surface area contributed by atoms with Gasteiger partial charge in [-0.1, -0.05) is 19.1 Å². The van der Waals surface area contributed by atoms with E-state index in [1.807, 2.05) is 24.3 Å². The third-order valence-electron chi connectivity index (χ3n) is 2.60. The summed E-state index contributed by atoms with van der Waals surface area (Å²) in [6.45, 7) is 4.78. The fraction of sp³-hybridized carbons (Fsp3) is 0.500. The van der Waals surface area contributed by atoms with Gasteiger partial charge in [-0.15, -0.1) is 0 Å². The van der Waals surface area contributed by atoms with Crippen molar-refractivity contribution >= 4 is 11.6 Å². The summed E-state index contributed by atoms with van der Waals surface area (Å²) >= 11 is 0. The summed E-state index contributed by atoms with van der Waals surface area (Å²) in [5, 5.41) is 9.13. The number of nitrogens with one attached hydrogen (secondary N) is 3. The molecule has 19 heavy (non-hydrogen) atoms. The molecule has 1 rings (SSSR count). The highest BCUT2D eigenvalue weighted by molar-refractivity contribution is 5.81. The highest BCUT2D eigenvalue weighted by Crippen LogP contribution is 2.22. The predicted molar refractivity (Wildman–Crippen MR) is 77.7 cm³/mol. The number of anilines is 1. The number of carbonyl (C=O) groups excluding carboxylic acids is 1. The average Bonchev–Trinajstić information content (AvgIpc) is 2.45. The molecule has 3 N–H and O–H groups in total. The third kappa shape index (κ3) is 6.10. The number of ether oxygens (including phenoxy) is 1. The topological polar surface area (TPSA) is 62.4 Å². The van der Waals surface area contributed by atoms with Gasteiger partial charge in [0.2, 0.25) is 5.91 Å². The Morgan fingerprint density at radius 2 is 2.00 bits per heavy atom. The number of hydrogen-bond donors (Lipinski definition) is 3. The first-order valence-corrected chi connectivity index (χ1v) is 6.62. The van der Waals surface area contributed by atoms with Crippen LogP contribution in [0, 0.1) is 0 Å². The van der Waals surface area contributed by atoms with Crippen molar-refractivity contribution in [2.75, 3.05) is 38.6 Å². The van der Waals surface area contributed by atoms with E-state index in [0.717, 1.165) is 30.9 Å². The molecule has 0 spiro atoms. The zero-order valence-electron chi connectivity index (χ0n) is 11.7. The molecular formula is C14H23N3O2. The second-order valence-corrected chi connectivity index (χ2v) is 4.15. The SMILES string of the molecule is CCCNCCNC(=O)CNc1ccccc1OC. The van der Waals surface area contributed by atoms with Crippen molar-refractivity contribution in [2.45, 2.75) is 13.3 Å². The molecule has 0 aliphatic carbocycles. The van der Waals surface area contributed by atoms with Gasteiger partial charge in [0.25, 0.3) is 0 Å². The van der Waals surface area contributed by atoms with Crippen molar-refractivity contribution in [3.8, 4) is 5.75 Å². The van der Waals surface area contributed by atoms with E-state index in [1.165, 1.54) is 0 Å². The Hall–Kier alpha value is -1.75. The van der Waals surface area contributed by atoms with E-state index < -0.39 is 0 Å². The molecule has 5 nitrogen and oxygen atoms in total. The Bertz CT molecular complexity index is 383. The molecule has 0 fully saturated rings. The van der Waals surface area contributed by atoms with Crippen molar-refractivity contribution in [3.05, 3.63) is 24.3 Å². The summed E-state index contributed by atoms with van der Waals surface area (Å²) in [4.78, 5) is 11.6. The molecule has 0 unspecified atom stereocenters. The molecule has 0 heterocycles. The maximum atomic E-state index is 11.6. The number of amides is 1. The molecule has 0 saturated heterocycles. The largest absolute Gasteiger partial charge is 0.495 e. The molecule has 1 aromatic carbocycles. The van der Waals surface area contributed by atoms with E-state index in [1.54, 1.807) is 7.11 Å². The maximum Gasteiger partial charge on any atom is 0.239 e. The lowest BCUT2D eigenvalue weighted by Crippen LogP contribution is -2.35. The van der Waals surface area contributed by atoms with Gasteiger partial charge in [-0.3, -0.25) is 4.79 Å². The molecule has 0 radical (unpaired) electrons. The first kappa shape index (κ1) is 15.3. The number of methoxy groups -OCH3 is 1. The first-order chi connectivity index (χ1) is 9.27. The maximum absolute atomic E-state index is 11.6. The van der Waals surface area contributed by atoms with Crippen LogP contribution in [0.3, 0.4) is 0 Å².